The number of ether oxygens (including phenoxy) is 2. The maximum Gasteiger partial charge on any atom is 0.316 e. The molecular formula is C27H31ClN2O5. The molecule has 186 valence electrons. The number of aliphatic hydroxyl groups excluding tert-OH is 1. The first kappa shape index (κ1) is 25.2. The van der Waals surface area contributed by atoms with Crippen LogP contribution in [0.25, 0.3) is 10.9 Å². The summed E-state index contributed by atoms with van der Waals surface area (Å²) in [6.45, 7) is 4.78. The summed E-state index contributed by atoms with van der Waals surface area (Å²) in [5.41, 5.74) is 3.17. The predicted octanol–water partition coefficient (Wildman–Crippen LogP) is 4.21. The average Bonchev–Trinajstić information content (AvgIpc) is 3.20. The van der Waals surface area contributed by atoms with Crippen molar-refractivity contribution in [2.24, 2.45) is 7.05 Å². The van der Waals surface area contributed by atoms with E-state index in [1.165, 1.54) is 0 Å². The molecule has 8 heteroatoms. The Kier molecular flexibility index (Phi) is 7.50. The molecule has 1 aliphatic rings. The molecule has 35 heavy (non-hydrogen) atoms. The summed E-state index contributed by atoms with van der Waals surface area (Å²) in [6.07, 6.45) is 1.10. The summed E-state index contributed by atoms with van der Waals surface area (Å²) in [4.78, 5) is 26.0. The van der Waals surface area contributed by atoms with E-state index in [4.69, 9.17) is 21.1 Å². The van der Waals surface area contributed by atoms with E-state index in [0.29, 0.717) is 43.4 Å². The number of aryl methyl sites for hydroxylation is 2. The highest BCUT2D eigenvalue weighted by Gasteiger charge is 2.43. The van der Waals surface area contributed by atoms with Crippen LogP contribution in [0.3, 0.4) is 0 Å². The fourth-order valence-electron chi connectivity index (χ4n) is 4.84. The molecule has 0 radical (unpaired) electrons. The Hall–Kier alpha value is -2.87. The van der Waals surface area contributed by atoms with Gasteiger partial charge in [-0.1, -0.05) is 35.9 Å². The smallest absolute Gasteiger partial charge is 0.316 e. The first-order valence-electron chi connectivity index (χ1n) is 11.8. The topological polar surface area (TPSA) is 89.8 Å². The van der Waals surface area contributed by atoms with Crippen LogP contribution in [0.2, 0.25) is 5.02 Å². The first-order valence-corrected chi connectivity index (χ1v) is 12.2. The third-order valence-corrected chi connectivity index (χ3v) is 7.17. The van der Waals surface area contributed by atoms with Crippen LogP contribution in [-0.4, -0.2) is 48.0 Å². The van der Waals surface area contributed by atoms with Gasteiger partial charge in [-0.3, -0.25) is 9.59 Å². The number of halogens is 1. The second-order valence-corrected chi connectivity index (χ2v) is 9.42. The van der Waals surface area contributed by atoms with Gasteiger partial charge in [0.2, 0.25) is 0 Å². The molecule has 0 saturated carbocycles. The molecule has 1 aromatic heterocycles. The van der Waals surface area contributed by atoms with Crippen molar-refractivity contribution >= 4 is 34.4 Å². The normalized spacial score (nSPS) is 16.1. The van der Waals surface area contributed by atoms with E-state index in [1.54, 1.807) is 17.6 Å². The summed E-state index contributed by atoms with van der Waals surface area (Å²) >= 11 is 6.39. The number of aromatic nitrogens is 1. The Morgan fingerprint density at radius 3 is 2.51 bits per heavy atom. The molecule has 0 aliphatic carbocycles. The van der Waals surface area contributed by atoms with E-state index < -0.39 is 11.5 Å². The highest BCUT2D eigenvalue weighted by molar-refractivity contribution is 6.35. The van der Waals surface area contributed by atoms with E-state index in [9.17, 15) is 14.7 Å². The first-order chi connectivity index (χ1) is 16.8. The predicted molar refractivity (Wildman–Crippen MR) is 135 cm³/mol. The SMILES string of the molecule is CCOC(=O)C1(c2ccc([C@@H](CO)NC(=O)c3cc4c(Cl)cc(C)cc4n3C)cc2)CCOCC1. The third kappa shape index (κ3) is 4.81. The molecule has 1 aliphatic heterocycles. The molecule has 2 N–H and O–H groups in total. The zero-order valence-electron chi connectivity index (χ0n) is 20.3. The number of rotatable bonds is 7. The highest BCUT2D eigenvalue weighted by Crippen LogP contribution is 2.37. The minimum atomic E-state index is -0.745. The monoisotopic (exact) mass is 498 g/mol. The largest absolute Gasteiger partial charge is 0.465 e. The van der Waals surface area contributed by atoms with Gasteiger partial charge in [0.1, 0.15) is 5.69 Å². The van der Waals surface area contributed by atoms with E-state index in [1.807, 2.05) is 50.4 Å². The van der Waals surface area contributed by atoms with Gasteiger partial charge in [0, 0.05) is 25.6 Å². The molecule has 2 aromatic carbocycles. The number of nitrogens with zero attached hydrogens (tertiary/aromatic N) is 1. The van der Waals surface area contributed by atoms with Crippen LogP contribution in [0.1, 0.15) is 53.0 Å². The van der Waals surface area contributed by atoms with Crippen molar-refractivity contribution < 1.29 is 24.2 Å². The zero-order valence-corrected chi connectivity index (χ0v) is 21.0. The molecule has 1 atom stereocenters. The van der Waals surface area contributed by atoms with Crippen LogP contribution in [-0.2, 0) is 26.7 Å². The third-order valence-electron chi connectivity index (χ3n) is 6.85. The van der Waals surface area contributed by atoms with Crippen LogP contribution < -0.4 is 5.32 Å². The standard InChI is InChI=1S/C27H31ClN2O5/c1-4-35-26(33)27(9-11-34-12-10-27)19-7-5-18(6-8-19)22(16-31)29-25(32)24-15-20-21(28)13-17(2)14-23(20)30(24)3/h5-8,13-15,22,31H,4,9-12,16H2,1-3H3,(H,29,32)/t22-/m1/s1. The second kappa shape index (κ2) is 10.4. The van der Waals surface area contributed by atoms with Gasteiger partial charge in [-0.2, -0.15) is 0 Å². The van der Waals surface area contributed by atoms with Crippen molar-refractivity contribution in [3.05, 3.63) is 69.9 Å². The average molecular weight is 499 g/mol. The van der Waals surface area contributed by atoms with Crippen LogP contribution in [0, 0.1) is 6.92 Å². The number of aliphatic hydroxyl groups is 1. The van der Waals surface area contributed by atoms with Gasteiger partial charge in [-0.05, 0) is 61.6 Å². The van der Waals surface area contributed by atoms with Gasteiger partial charge in [-0.15, -0.1) is 0 Å². The number of fused-ring (bicyclic) bond motifs is 1. The lowest BCUT2D eigenvalue weighted by Crippen LogP contribution is -2.42. The molecule has 1 saturated heterocycles. The van der Waals surface area contributed by atoms with E-state index in [0.717, 1.165) is 27.6 Å². The van der Waals surface area contributed by atoms with Gasteiger partial charge < -0.3 is 24.5 Å². The fraction of sp³-hybridized carbons (Fsp3) is 0.407. The lowest BCUT2D eigenvalue weighted by molar-refractivity contribution is -0.154. The van der Waals surface area contributed by atoms with Gasteiger partial charge in [0.05, 0.1) is 35.2 Å². The number of hydrogen-bond acceptors (Lipinski definition) is 5. The Morgan fingerprint density at radius 1 is 1.20 bits per heavy atom. The second-order valence-electron chi connectivity index (χ2n) is 9.01. The molecular weight excluding hydrogens is 468 g/mol. The van der Waals surface area contributed by atoms with Gasteiger partial charge in [0.15, 0.2) is 0 Å². The molecule has 4 rings (SSSR count). The maximum absolute atomic E-state index is 13.1. The fourth-order valence-corrected chi connectivity index (χ4v) is 5.16. The van der Waals surface area contributed by atoms with Crippen LogP contribution >= 0.6 is 11.6 Å². The molecule has 0 unspecified atom stereocenters. The zero-order chi connectivity index (χ0) is 25.2. The molecule has 1 amide bonds. The molecule has 0 bridgehead atoms. The van der Waals surface area contributed by atoms with E-state index in [2.05, 4.69) is 5.32 Å². The van der Waals surface area contributed by atoms with Crippen molar-refractivity contribution in [3.63, 3.8) is 0 Å². The quantitative estimate of drug-likeness (QED) is 0.476. The Bertz CT molecular complexity index is 1230. The van der Waals surface area contributed by atoms with E-state index in [-0.39, 0.29) is 18.5 Å². The number of hydrogen-bond donors (Lipinski definition) is 2. The minimum absolute atomic E-state index is 0.243. The van der Waals surface area contributed by atoms with Crippen molar-refractivity contribution in [3.8, 4) is 0 Å². The summed E-state index contributed by atoms with van der Waals surface area (Å²) in [5, 5.41) is 14.4. The molecule has 2 heterocycles. The number of benzene rings is 2. The van der Waals surface area contributed by atoms with Gasteiger partial charge >= 0.3 is 5.97 Å². The maximum atomic E-state index is 13.1. The van der Waals surface area contributed by atoms with Crippen molar-refractivity contribution in [1.29, 1.82) is 0 Å². The summed E-state index contributed by atoms with van der Waals surface area (Å²) in [6, 6.07) is 12.4. The van der Waals surface area contributed by atoms with Gasteiger partial charge in [0.25, 0.3) is 5.91 Å². The van der Waals surface area contributed by atoms with Crippen molar-refractivity contribution in [1.82, 2.24) is 9.88 Å². The van der Waals surface area contributed by atoms with Crippen LogP contribution in [0.5, 0.6) is 0 Å². The summed E-state index contributed by atoms with van der Waals surface area (Å²) < 4.78 is 12.7. The number of nitrogens with one attached hydrogen (secondary N) is 1. The lowest BCUT2D eigenvalue weighted by Gasteiger charge is -2.35. The van der Waals surface area contributed by atoms with Gasteiger partial charge in [-0.25, -0.2) is 0 Å². The van der Waals surface area contributed by atoms with Crippen LogP contribution in [0.15, 0.2) is 42.5 Å². The minimum Gasteiger partial charge on any atom is -0.465 e. The lowest BCUT2D eigenvalue weighted by atomic mass is 9.74. The molecule has 7 nitrogen and oxygen atoms in total. The highest BCUT2D eigenvalue weighted by atomic mass is 35.5. The number of carbonyl (C=O) groups is 2. The Balaban J connectivity index is 1.57. The van der Waals surface area contributed by atoms with Crippen LogP contribution in [0.4, 0.5) is 0 Å². The molecule has 3 aromatic rings. The van der Waals surface area contributed by atoms with Crippen molar-refractivity contribution in [2.75, 3.05) is 26.4 Å². The number of amides is 1. The number of esters is 1. The summed E-state index contributed by atoms with van der Waals surface area (Å²) in [5.74, 6) is -0.555. The molecule has 0 spiro atoms. The Labute approximate surface area is 210 Å². The van der Waals surface area contributed by atoms with E-state index >= 15 is 0 Å². The van der Waals surface area contributed by atoms with Crippen molar-refractivity contribution in [2.45, 2.75) is 38.1 Å². The Morgan fingerprint density at radius 2 is 1.89 bits per heavy atom. The number of carbonyl (C=O) groups excluding carboxylic acids is 2. The molecule has 1 fully saturated rings. The summed E-state index contributed by atoms with van der Waals surface area (Å²) in [7, 11) is 1.82.